The molecule has 0 aromatic heterocycles. The van der Waals surface area contributed by atoms with E-state index < -0.39 is 18.2 Å². The minimum atomic E-state index is -0.832. The van der Waals surface area contributed by atoms with Gasteiger partial charge < -0.3 is 31.1 Å². The average molecular weight is 497 g/mol. The van der Waals surface area contributed by atoms with Gasteiger partial charge in [-0.15, -0.1) is 0 Å². The van der Waals surface area contributed by atoms with E-state index in [0.717, 1.165) is 49.2 Å². The number of nitrogens with two attached hydrogens (primary N) is 1. The molecule has 0 bridgehead atoms. The van der Waals surface area contributed by atoms with Crippen LogP contribution in [0.1, 0.15) is 43.2 Å². The van der Waals surface area contributed by atoms with Gasteiger partial charge in [0.25, 0.3) is 0 Å². The maximum absolute atomic E-state index is 12.9. The molecule has 196 valence electrons. The molecule has 2 aromatic carbocycles. The lowest BCUT2D eigenvalue weighted by Crippen LogP contribution is -2.53. The number of ether oxygens (including phenoxy) is 1. The fourth-order valence-electron chi connectivity index (χ4n) is 4.44. The molecule has 1 fully saturated rings. The molecule has 2 aromatic rings. The molecule has 0 aliphatic carbocycles. The highest BCUT2D eigenvalue weighted by atomic mass is 16.5. The minimum Gasteiger partial charge on any atom is -0.497 e. The Bertz CT molecular complexity index is 950. The predicted molar refractivity (Wildman–Crippen MR) is 140 cm³/mol. The van der Waals surface area contributed by atoms with Gasteiger partial charge in [-0.3, -0.25) is 9.59 Å². The van der Waals surface area contributed by atoms with Crippen LogP contribution < -0.4 is 21.1 Å². The monoisotopic (exact) mass is 496 g/mol. The molecule has 3 atom stereocenters. The SMILES string of the molecule is COc1cccc(CNC[C@@H](O)[C@H](Cc2ccccc2)NC(=O)[C@@H](N)CCC(=O)N2CCCCC2)c1. The van der Waals surface area contributed by atoms with Crippen molar-refractivity contribution in [3.8, 4) is 5.75 Å². The first-order chi connectivity index (χ1) is 17.5. The van der Waals surface area contributed by atoms with Gasteiger partial charge in [0.05, 0.1) is 25.3 Å². The lowest BCUT2D eigenvalue weighted by Gasteiger charge is -2.28. The third-order valence-electron chi connectivity index (χ3n) is 6.62. The second-order valence-corrected chi connectivity index (χ2v) is 9.44. The molecule has 0 spiro atoms. The second kappa shape index (κ2) is 14.6. The number of piperidine rings is 1. The number of carbonyl (C=O) groups is 2. The molecule has 1 heterocycles. The largest absolute Gasteiger partial charge is 0.497 e. The Kier molecular flexibility index (Phi) is 11.2. The molecule has 0 radical (unpaired) electrons. The van der Waals surface area contributed by atoms with Crippen LogP contribution in [0, 0.1) is 0 Å². The molecule has 36 heavy (non-hydrogen) atoms. The van der Waals surface area contributed by atoms with Crippen LogP contribution in [0.15, 0.2) is 54.6 Å². The van der Waals surface area contributed by atoms with Crippen LogP contribution in [-0.4, -0.2) is 66.8 Å². The van der Waals surface area contributed by atoms with Crippen LogP contribution in [0.3, 0.4) is 0 Å². The van der Waals surface area contributed by atoms with Gasteiger partial charge in [0.1, 0.15) is 5.75 Å². The Morgan fingerprint density at radius 1 is 1.06 bits per heavy atom. The van der Waals surface area contributed by atoms with E-state index in [1.54, 1.807) is 7.11 Å². The summed E-state index contributed by atoms with van der Waals surface area (Å²) in [4.78, 5) is 27.2. The standard InChI is InChI=1S/C28H40N4O4/c1-36-23-12-8-11-22(17-23)19-30-20-26(33)25(18-21-9-4-2-5-10-21)31-28(35)24(29)13-14-27(34)32-15-6-3-7-16-32/h2,4-5,8-12,17,24-26,30,33H,3,6-7,13-16,18-20,29H2,1H3,(H,31,35)/t24-,25-,26+/m0/s1. The van der Waals surface area contributed by atoms with E-state index in [4.69, 9.17) is 10.5 Å². The molecular weight excluding hydrogens is 456 g/mol. The fraction of sp³-hybridized carbons (Fsp3) is 0.500. The van der Waals surface area contributed by atoms with E-state index in [-0.39, 0.29) is 31.2 Å². The molecule has 3 rings (SSSR count). The van der Waals surface area contributed by atoms with Gasteiger partial charge in [0, 0.05) is 32.6 Å². The summed E-state index contributed by atoms with van der Waals surface area (Å²) in [6.07, 6.45) is 3.39. The van der Waals surface area contributed by atoms with Crippen molar-refractivity contribution < 1.29 is 19.4 Å². The van der Waals surface area contributed by atoms with Crippen LogP contribution in [0.25, 0.3) is 0 Å². The Labute approximate surface area is 214 Å². The van der Waals surface area contributed by atoms with Gasteiger partial charge in [-0.05, 0) is 55.4 Å². The Hall–Kier alpha value is -2.94. The average Bonchev–Trinajstić information content (AvgIpc) is 2.92. The summed E-state index contributed by atoms with van der Waals surface area (Å²) in [5, 5.41) is 17.2. The lowest BCUT2D eigenvalue weighted by atomic mass is 10.00. The zero-order valence-corrected chi connectivity index (χ0v) is 21.2. The Morgan fingerprint density at radius 2 is 1.78 bits per heavy atom. The maximum Gasteiger partial charge on any atom is 0.237 e. The molecular formula is C28H40N4O4. The highest BCUT2D eigenvalue weighted by Crippen LogP contribution is 2.13. The van der Waals surface area contributed by atoms with E-state index in [0.29, 0.717) is 13.0 Å². The molecule has 8 nitrogen and oxygen atoms in total. The number of benzene rings is 2. The van der Waals surface area contributed by atoms with Crippen molar-refractivity contribution in [3.05, 3.63) is 65.7 Å². The van der Waals surface area contributed by atoms with Crippen molar-refractivity contribution in [2.24, 2.45) is 5.73 Å². The first-order valence-corrected chi connectivity index (χ1v) is 12.9. The molecule has 1 aliphatic heterocycles. The molecule has 1 aliphatic rings. The topological polar surface area (TPSA) is 117 Å². The van der Waals surface area contributed by atoms with Crippen molar-refractivity contribution in [2.45, 2.75) is 63.3 Å². The summed E-state index contributed by atoms with van der Waals surface area (Å²) in [6, 6.07) is 16.1. The van der Waals surface area contributed by atoms with Crippen LogP contribution in [0.2, 0.25) is 0 Å². The van der Waals surface area contributed by atoms with E-state index >= 15 is 0 Å². The van der Waals surface area contributed by atoms with Crippen LogP contribution in [0.4, 0.5) is 0 Å². The highest BCUT2D eigenvalue weighted by molar-refractivity contribution is 5.83. The third-order valence-corrected chi connectivity index (χ3v) is 6.62. The minimum absolute atomic E-state index is 0.0561. The van der Waals surface area contributed by atoms with E-state index in [2.05, 4.69) is 10.6 Å². The highest BCUT2D eigenvalue weighted by Gasteiger charge is 2.25. The summed E-state index contributed by atoms with van der Waals surface area (Å²) in [5.41, 5.74) is 8.18. The van der Waals surface area contributed by atoms with Crippen LogP contribution in [-0.2, 0) is 22.6 Å². The number of methoxy groups -OCH3 is 1. The number of aliphatic hydroxyl groups excluding tert-OH is 1. The van der Waals surface area contributed by atoms with Gasteiger partial charge in [-0.2, -0.15) is 0 Å². The van der Waals surface area contributed by atoms with Crippen molar-refractivity contribution in [3.63, 3.8) is 0 Å². The Morgan fingerprint density at radius 3 is 2.50 bits per heavy atom. The van der Waals surface area contributed by atoms with E-state index in [1.807, 2.05) is 59.5 Å². The second-order valence-electron chi connectivity index (χ2n) is 9.44. The van der Waals surface area contributed by atoms with Crippen molar-refractivity contribution >= 4 is 11.8 Å². The van der Waals surface area contributed by atoms with Crippen LogP contribution >= 0.6 is 0 Å². The number of nitrogens with zero attached hydrogens (tertiary/aromatic N) is 1. The number of likely N-dealkylation sites (tertiary alicyclic amines) is 1. The summed E-state index contributed by atoms with van der Waals surface area (Å²) < 4.78 is 5.26. The number of hydrogen-bond donors (Lipinski definition) is 4. The number of carbonyl (C=O) groups excluding carboxylic acids is 2. The first kappa shape index (κ1) is 27.6. The van der Waals surface area contributed by atoms with E-state index in [1.165, 1.54) is 0 Å². The van der Waals surface area contributed by atoms with Crippen molar-refractivity contribution in [2.75, 3.05) is 26.7 Å². The fourth-order valence-corrected chi connectivity index (χ4v) is 4.44. The molecule has 5 N–H and O–H groups in total. The summed E-state index contributed by atoms with van der Waals surface area (Å²) in [6.45, 7) is 2.42. The van der Waals surface area contributed by atoms with Crippen molar-refractivity contribution in [1.29, 1.82) is 0 Å². The van der Waals surface area contributed by atoms with Gasteiger partial charge in [0.15, 0.2) is 0 Å². The van der Waals surface area contributed by atoms with Crippen LogP contribution in [0.5, 0.6) is 5.75 Å². The van der Waals surface area contributed by atoms with Crippen molar-refractivity contribution in [1.82, 2.24) is 15.5 Å². The summed E-state index contributed by atoms with van der Waals surface area (Å²) >= 11 is 0. The number of amides is 2. The zero-order chi connectivity index (χ0) is 25.8. The molecule has 8 heteroatoms. The summed E-state index contributed by atoms with van der Waals surface area (Å²) in [7, 11) is 1.63. The molecule has 0 saturated carbocycles. The number of hydrogen-bond acceptors (Lipinski definition) is 6. The maximum atomic E-state index is 12.9. The van der Waals surface area contributed by atoms with Gasteiger partial charge in [-0.1, -0.05) is 42.5 Å². The number of nitrogens with one attached hydrogen (secondary N) is 2. The Balaban J connectivity index is 1.53. The van der Waals surface area contributed by atoms with Gasteiger partial charge in [-0.25, -0.2) is 0 Å². The number of rotatable bonds is 13. The first-order valence-electron chi connectivity index (χ1n) is 12.9. The van der Waals surface area contributed by atoms with Gasteiger partial charge >= 0.3 is 0 Å². The number of aliphatic hydroxyl groups is 1. The third kappa shape index (κ3) is 8.93. The smallest absolute Gasteiger partial charge is 0.237 e. The normalized spacial score (nSPS) is 16.1. The van der Waals surface area contributed by atoms with E-state index in [9.17, 15) is 14.7 Å². The molecule has 0 unspecified atom stereocenters. The zero-order valence-electron chi connectivity index (χ0n) is 21.2. The lowest BCUT2D eigenvalue weighted by molar-refractivity contribution is -0.132. The quantitative estimate of drug-likeness (QED) is 0.337. The summed E-state index contributed by atoms with van der Waals surface area (Å²) in [5.74, 6) is 0.478. The molecule has 2 amide bonds. The predicted octanol–water partition coefficient (Wildman–Crippen LogP) is 1.99. The molecule has 1 saturated heterocycles. The van der Waals surface area contributed by atoms with Gasteiger partial charge in [0.2, 0.25) is 11.8 Å².